The lowest BCUT2D eigenvalue weighted by atomic mass is 10.2. The summed E-state index contributed by atoms with van der Waals surface area (Å²) in [5.74, 6) is -1.88. The summed E-state index contributed by atoms with van der Waals surface area (Å²) in [6, 6.07) is 3.97. The van der Waals surface area contributed by atoms with Gasteiger partial charge in [0.25, 0.3) is 11.5 Å². The number of aromatic nitrogens is 2. The van der Waals surface area contributed by atoms with Gasteiger partial charge in [0.1, 0.15) is 17.3 Å². The minimum absolute atomic E-state index is 0.187. The van der Waals surface area contributed by atoms with Crippen molar-refractivity contribution in [1.82, 2.24) is 14.7 Å². The fourth-order valence-electron chi connectivity index (χ4n) is 1.76. The molecule has 0 spiro atoms. The van der Waals surface area contributed by atoms with Crippen molar-refractivity contribution in [3.63, 3.8) is 0 Å². The topological polar surface area (TPSA) is 101 Å². The van der Waals surface area contributed by atoms with Crippen LogP contribution in [0.4, 0.5) is 0 Å². The number of carbonyl (C=O) groups is 2. The van der Waals surface area contributed by atoms with Gasteiger partial charge in [0.05, 0.1) is 0 Å². The fraction of sp³-hybridized carbons (Fsp3) is 0.231. The summed E-state index contributed by atoms with van der Waals surface area (Å²) in [4.78, 5) is 39.0. The molecule has 2 N–H and O–H groups in total. The van der Waals surface area contributed by atoms with Gasteiger partial charge in [0.15, 0.2) is 0 Å². The second-order valence-corrected chi connectivity index (χ2v) is 4.18. The molecule has 1 atom stereocenters. The van der Waals surface area contributed by atoms with Crippen LogP contribution in [0.25, 0.3) is 5.65 Å². The van der Waals surface area contributed by atoms with Crippen molar-refractivity contribution in [2.45, 2.75) is 19.4 Å². The first kappa shape index (κ1) is 13.7. The van der Waals surface area contributed by atoms with Gasteiger partial charge in [-0.25, -0.2) is 9.78 Å². The molecule has 2 aromatic heterocycles. The summed E-state index contributed by atoms with van der Waals surface area (Å²) < 4.78 is 1.23. The Hall–Kier alpha value is -2.70. The second-order valence-electron chi connectivity index (χ2n) is 4.18. The van der Waals surface area contributed by atoms with Crippen LogP contribution in [0.1, 0.15) is 23.7 Å². The molecular weight excluding hydrogens is 262 g/mol. The number of fused-ring (bicyclic) bond motifs is 1. The van der Waals surface area contributed by atoms with Gasteiger partial charge in [-0.2, -0.15) is 0 Å². The summed E-state index contributed by atoms with van der Waals surface area (Å²) >= 11 is 0. The number of pyridine rings is 1. The molecule has 0 saturated carbocycles. The number of aliphatic carboxylic acids is 1. The van der Waals surface area contributed by atoms with Crippen molar-refractivity contribution in [3.8, 4) is 0 Å². The Balaban J connectivity index is 2.38. The molecule has 0 bridgehead atoms. The third-order valence-corrected chi connectivity index (χ3v) is 2.87. The van der Waals surface area contributed by atoms with Gasteiger partial charge in [0.2, 0.25) is 0 Å². The molecule has 2 rings (SSSR count). The maximum absolute atomic E-state index is 12.1. The van der Waals surface area contributed by atoms with Crippen LogP contribution in [0.15, 0.2) is 35.4 Å². The molecule has 104 valence electrons. The van der Waals surface area contributed by atoms with Gasteiger partial charge >= 0.3 is 5.97 Å². The summed E-state index contributed by atoms with van der Waals surface area (Å²) in [6.07, 6.45) is 2.88. The average molecular weight is 275 g/mol. The maximum Gasteiger partial charge on any atom is 0.326 e. The Morgan fingerprint density at radius 1 is 1.45 bits per heavy atom. The average Bonchev–Trinajstić information content (AvgIpc) is 2.44. The van der Waals surface area contributed by atoms with Gasteiger partial charge in [-0.3, -0.25) is 14.0 Å². The van der Waals surface area contributed by atoms with E-state index in [9.17, 15) is 14.4 Å². The van der Waals surface area contributed by atoms with Crippen LogP contribution in [-0.4, -0.2) is 32.4 Å². The van der Waals surface area contributed by atoms with Gasteiger partial charge in [-0.15, -0.1) is 0 Å². The van der Waals surface area contributed by atoms with Crippen LogP contribution in [0, 0.1) is 0 Å². The van der Waals surface area contributed by atoms with E-state index in [4.69, 9.17) is 5.11 Å². The Labute approximate surface area is 113 Å². The minimum Gasteiger partial charge on any atom is -0.480 e. The number of hydrogen-bond donors (Lipinski definition) is 2. The van der Waals surface area contributed by atoms with Crippen molar-refractivity contribution in [3.05, 3.63) is 46.5 Å². The number of amides is 1. The van der Waals surface area contributed by atoms with E-state index >= 15 is 0 Å². The van der Waals surface area contributed by atoms with Crippen LogP contribution in [-0.2, 0) is 4.79 Å². The zero-order chi connectivity index (χ0) is 14.7. The number of carbonyl (C=O) groups excluding carboxylic acids is 1. The zero-order valence-corrected chi connectivity index (χ0v) is 10.7. The Morgan fingerprint density at radius 2 is 2.20 bits per heavy atom. The van der Waals surface area contributed by atoms with Crippen molar-refractivity contribution in [2.24, 2.45) is 0 Å². The quantitative estimate of drug-likeness (QED) is 0.835. The van der Waals surface area contributed by atoms with E-state index in [1.807, 2.05) is 0 Å². The van der Waals surface area contributed by atoms with Crippen molar-refractivity contribution < 1.29 is 14.7 Å². The molecule has 0 aliphatic carbocycles. The van der Waals surface area contributed by atoms with Crippen LogP contribution in [0.5, 0.6) is 0 Å². The van der Waals surface area contributed by atoms with Gasteiger partial charge in [-0.05, 0) is 18.6 Å². The molecule has 0 aromatic carbocycles. The predicted octanol–water partition coefficient (Wildman–Crippen LogP) is 0.287. The molecule has 7 nitrogen and oxygen atoms in total. The molecular formula is C13H13N3O4. The molecule has 0 aliphatic heterocycles. The highest BCUT2D eigenvalue weighted by Gasteiger charge is 2.21. The molecule has 0 saturated heterocycles. The monoisotopic (exact) mass is 275 g/mol. The first-order chi connectivity index (χ1) is 9.54. The fourth-order valence-corrected chi connectivity index (χ4v) is 1.76. The molecule has 0 radical (unpaired) electrons. The molecule has 2 aromatic rings. The van der Waals surface area contributed by atoms with E-state index in [1.165, 1.54) is 10.6 Å². The lowest BCUT2D eigenvalue weighted by Gasteiger charge is -2.11. The highest BCUT2D eigenvalue weighted by atomic mass is 16.4. The highest BCUT2D eigenvalue weighted by Crippen LogP contribution is 1.99. The largest absolute Gasteiger partial charge is 0.480 e. The molecule has 0 unspecified atom stereocenters. The molecule has 2 heterocycles. The van der Waals surface area contributed by atoms with Crippen molar-refractivity contribution >= 4 is 17.5 Å². The summed E-state index contributed by atoms with van der Waals surface area (Å²) in [5, 5.41) is 11.2. The van der Waals surface area contributed by atoms with Crippen LogP contribution in [0.2, 0.25) is 0 Å². The van der Waals surface area contributed by atoms with Gasteiger partial charge < -0.3 is 10.4 Å². The van der Waals surface area contributed by atoms with E-state index in [-0.39, 0.29) is 12.0 Å². The van der Waals surface area contributed by atoms with Crippen LogP contribution < -0.4 is 10.9 Å². The standard InChI is InChI=1S/C13H13N3O4/c1-2-9(13(19)20)15-11(17)8-7-14-10-5-3-4-6-16(10)12(8)18/h3-7,9H,2H2,1H3,(H,15,17)(H,19,20)/t9-/m1/s1. The van der Waals surface area contributed by atoms with E-state index in [0.717, 1.165) is 6.20 Å². The summed E-state index contributed by atoms with van der Waals surface area (Å²) in [6.45, 7) is 1.63. The molecule has 7 heteroatoms. The van der Waals surface area contributed by atoms with E-state index in [0.29, 0.717) is 5.65 Å². The minimum atomic E-state index is -1.14. The third-order valence-electron chi connectivity index (χ3n) is 2.87. The first-order valence-electron chi connectivity index (χ1n) is 6.04. The summed E-state index contributed by atoms with van der Waals surface area (Å²) in [7, 11) is 0. The number of rotatable bonds is 4. The lowest BCUT2D eigenvalue weighted by Crippen LogP contribution is -2.42. The van der Waals surface area contributed by atoms with E-state index < -0.39 is 23.5 Å². The van der Waals surface area contributed by atoms with Gasteiger partial charge in [0, 0.05) is 12.4 Å². The molecule has 0 aliphatic rings. The Kier molecular flexibility index (Phi) is 3.79. The number of carboxylic acid groups (broad SMARTS) is 1. The van der Waals surface area contributed by atoms with E-state index in [2.05, 4.69) is 10.3 Å². The molecule has 20 heavy (non-hydrogen) atoms. The van der Waals surface area contributed by atoms with Crippen molar-refractivity contribution in [1.29, 1.82) is 0 Å². The predicted molar refractivity (Wildman–Crippen MR) is 70.6 cm³/mol. The summed E-state index contributed by atoms with van der Waals surface area (Å²) in [5.41, 5.74) is -0.305. The van der Waals surface area contributed by atoms with Gasteiger partial charge in [-0.1, -0.05) is 13.0 Å². The lowest BCUT2D eigenvalue weighted by molar-refractivity contribution is -0.139. The molecule has 0 fully saturated rings. The SMILES string of the molecule is CC[C@@H](NC(=O)c1cnc2ccccn2c1=O)C(=O)O. The first-order valence-corrected chi connectivity index (χ1v) is 6.04. The number of nitrogens with one attached hydrogen (secondary N) is 1. The third kappa shape index (κ3) is 2.51. The second kappa shape index (κ2) is 5.52. The number of carboxylic acids is 1. The highest BCUT2D eigenvalue weighted by molar-refractivity contribution is 5.96. The smallest absolute Gasteiger partial charge is 0.326 e. The molecule has 1 amide bonds. The van der Waals surface area contributed by atoms with E-state index in [1.54, 1.807) is 25.1 Å². The Morgan fingerprint density at radius 3 is 2.85 bits per heavy atom. The van der Waals surface area contributed by atoms with Crippen LogP contribution in [0.3, 0.4) is 0 Å². The number of hydrogen-bond acceptors (Lipinski definition) is 4. The maximum atomic E-state index is 12.1. The number of nitrogens with zero attached hydrogens (tertiary/aromatic N) is 2. The normalized spacial score (nSPS) is 12.1. The van der Waals surface area contributed by atoms with Crippen molar-refractivity contribution in [2.75, 3.05) is 0 Å². The van der Waals surface area contributed by atoms with Crippen LogP contribution >= 0.6 is 0 Å². The zero-order valence-electron chi connectivity index (χ0n) is 10.7. The Bertz CT molecular complexity index is 723.